The molecule has 96 valence electrons. The van der Waals surface area contributed by atoms with Crippen molar-refractivity contribution in [2.24, 2.45) is 5.73 Å². The Kier molecular flexibility index (Phi) is 3.84. The molecule has 0 aromatic heterocycles. The van der Waals surface area contributed by atoms with Gasteiger partial charge in [0.25, 0.3) is 0 Å². The van der Waals surface area contributed by atoms with E-state index in [0.29, 0.717) is 17.7 Å². The first-order chi connectivity index (χ1) is 7.65. The maximum absolute atomic E-state index is 11.7. The second kappa shape index (κ2) is 4.66. The van der Waals surface area contributed by atoms with Gasteiger partial charge in [0.15, 0.2) is 9.84 Å². The third-order valence-corrected chi connectivity index (χ3v) is 3.52. The zero-order chi connectivity index (χ0) is 13.3. The molecule has 0 aliphatic carbocycles. The first-order valence-electron chi connectivity index (χ1n) is 5.30. The summed E-state index contributed by atoms with van der Waals surface area (Å²) in [6.07, 6.45) is 1.63. The van der Waals surface area contributed by atoms with Gasteiger partial charge in [0.2, 0.25) is 0 Å². The van der Waals surface area contributed by atoms with E-state index in [-0.39, 0.29) is 4.90 Å². The molecule has 0 atom stereocenters. The van der Waals surface area contributed by atoms with Crippen molar-refractivity contribution in [3.05, 3.63) is 23.8 Å². The fourth-order valence-corrected chi connectivity index (χ4v) is 2.66. The standard InChI is InChI=1S/C12H19NO3S/c1-12(2,13)8-9-10(16-3)6-5-7-11(9)17(4,14)15/h5-7H,8,13H2,1-4H3. The van der Waals surface area contributed by atoms with Crippen molar-refractivity contribution in [3.8, 4) is 5.75 Å². The van der Waals surface area contributed by atoms with Crippen molar-refractivity contribution in [1.82, 2.24) is 0 Å². The Labute approximate surface area is 103 Å². The molecule has 0 aliphatic heterocycles. The van der Waals surface area contributed by atoms with Crippen LogP contribution in [0.4, 0.5) is 0 Å². The average molecular weight is 257 g/mol. The predicted octanol–water partition coefficient (Wildman–Crippen LogP) is 1.38. The van der Waals surface area contributed by atoms with Crippen molar-refractivity contribution in [2.75, 3.05) is 13.4 Å². The maximum Gasteiger partial charge on any atom is 0.175 e. The topological polar surface area (TPSA) is 69.4 Å². The van der Waals surface area contributed by atoms with Crippen LogP contribution in [-0.4, -0.2) is 27.3 Å². The molecule has 0 heterocycles. The summed E-state index contributed by atoms with van der Waals surface area (Å²) in [6, 6.07) is 5.00. The quantitative estimate of drug-likeness (QED) is 0.884. The van der Waals surface area contributed by atoms with E-state index in [2.05, 4.69) is 0 Å². The lowest BCUT2D eigenvalue weighted by Crippen LogP contribution is -2.35. The zero-order valence-corrected chi connectivity index (χ0v) is 11.5. The van der Waals surface area contributed by atoms with E-state index in [1.165, 1.54) is 13.4 Å². The number of rotatable bonds is 4. The van der Waals surface area contributed by atoms with E-state index in [9.17, 15) is 8.42 Å². The Morgan fingerprint density at radius 1 is 1.35 bits per heavy atom. The fraction of sp³-hybridized carbons (Fsp3) is 0.500. The number of ether oxygens (including phenoxy) is 1. The number of nitrogens with two attached hydrogens (primary N) is 1. The normalized spacial score (nSPS) is 12.5. The molecule has 0 saturated heterocycles. The van der Waals surface area contributed by atoms with Gasteiger partial charge in [0.05, 0.1) is 12.0 Å². The second-order valence-corrected chi connectivity index (χ2v) is 6.86. The minimum Gasteiger partial charge on any atom is -0.496 e. The molecule has 0 fully saturated rings. The van der Waals surface area contributed by atoms with Crippen LogP contribution in [0.2, 0.25) is 0 Å². The van der Waals surface area contributed by atoms with Crippen molar-refractivity contribution in [3.63, 3.8) is 0 Å². The Morgan fingerprint density at radius 3 is 2.35 bits per heavy atom. The van der Waals surface area contributed by atoms with Crippen molar-refractivity contribution >= 4 is 9.84 Å². The maximum atomic E-state index is 11.7. The molecule has 17 heavy (non-hydrogen) atoms. The van der Waals surface area contributed by atoms with Gasteiger partial charge in [-0.2, -0.15) is 0 Å². The molecule has 4 nitrogen and oxygen atoms in total. The second-order valence-electron chi connectivity index (χ2n) is 4.87. The summed E-state index contributed by atoms with van der Waals surface area (Å²) in [5, 5.41) is 0. The summed E-state index contributed by atoms with van der Waals surface area (Å²) in [5.41, 5.74) is 6.10. The van der Waals surface area contributed by atoms with Crippen LogP contribution in [0, 0.1) is 0 Å². The summed E-state index contributed by atoms with van der Waals surface area (Å²) in [7, 11) is -1.75. The summed E-state index contributed by atoms with van der Waals surface area (Å²) in [4.78, 5) is 0.287. The lowest BCUT2D eigenvalue weighted by atomic mass is 9.95. The molecule has 5 heteroatoms. The molecule has 0 spiro atoms. The van der Waals surface area contributed by atoms with Crippen LogP contribution in [-0.2, 0) is 16.3 Å². The Morgan fingerprint density at radius 2 is 1.94 bits per heavy atom. The van der Waals surface area contributed by atoms with Gasteiger partial charge in [-0.05, 0) is 32.4 Å². The first kappa shape index (κ1) is 14.0. The number of hydrogen-bond acceptors (Lipinski definition) is 4. The average Bonchev–Trinajstić information content (AvgIpc) is 2.13. The highest BCUT2D eigenvalue weighted by molar-refractivity contribution is 7.90. The molecule has 0 bridgehead atoms. The summed E-state index contributed by atoms with van der Waals surface area (Å²) >= 11 is 0. The highest BCUT2D eigenvalue weighted by Crippen LogP contribution is 2.28. The minimum absolute atomic E-state index is 0.287. The summed E-state index contributed by atoms with van der Waals surface area (Å²) in [6.45, 7) is 3.71. The van der Waals surface area contributed by atoms with Gasteiger partial charge in [-0.3, -0.25) is 0 Å². The molecular formula is C12H19NO3S. The van der Waals surface area contributed by atoms with Crippen LogP contribution >= 0.6 is 0 Å². The third kappa shape index (κ3) is 3.71. The van der Waals surface area contributed by atoms with E-state index in [0.717, 1.165) is 0 Å². The predicted molar refractivity (Wildman–Crippen MR) is 68.1 cm³/mol. The molecule has 0 saturated carbocycles. The highest BCUT2D eigenvalue weighted by atomic mass is 32.2. The minimum atomic E-state index is -3.27. The van der Waals surface area contributed by atoms with Gasteiger partial charge in [0, 0.05) is 17.4 Å². The summed E-state index contributed by atoms with van der Waals surface area (Å²) < 4.78 is 28.6. The van der Waals surface area contributed by atoms with E-state index < -0.39 is 15.4 Å². The van der Waals surface area contributed by atoms with E-state index in [1.807, 2.05) is 13.8 Å². The highest BCUT2D eigenvalue weighted by Gasteiger charge is 2.22. The molecule has 1 aromatic carbocycles. The van der Waals surface area contributed by atoms with E-state index >= 15 is 0 Å². The van der Waals surface area contributed by atoms with Crippen LogP contribution in [0.3, 0.4) is 0 Å². The van der Waals surface area contributed by atoms with Crippen molar-refractivity contribution < 1.29 is 13.2 Å². The largest absolute Gasteiger partial charge is 0.496 e. The monoisotopic (exact) mass is 257 g/mol. The third-order valence-electron chi connectivity index (χ3n) is 2.34. The molecular weight excluding hydrogens is 238 g/mol. The van der Waals surface area contributed by atoms with Gasteiger partial charge in [-0.25, -0.2) is 8.42 Å². The van der Waals surface area contributed by atoms with Gasteiger partial charge < -0.3 is 10.5 Å². The summed E-state index contributed by atoms with van der Waals surface area (Å²) in [5.74, 6) is 0.562. The Hall–Kier alpha value is -1.07. The molecule has 0 radical (unpaired) electrons. The lowest BCUT2D eigenvalue weighted by Gasteiger charge is -2.21. The van der Waals surface area contributed by atoms with E-state index in [4.69, 9.17) is 10.5 Å². The molecule has 1 rings (SSSR count). The van der Waals surface area contributed by atoms with Crippen LogP contribution in [0.15, 0.2) is 23.1 Å². The van der Waals surface area contributed by atoms with Crippen molar-refractivity contribution in [1.29, 1.82) is 0 Å². The molecule has 2 N–H and O–H groups in total. The van der Waals surface area contributed by atoms with Gasteiger partial charge >= 0.3 is 0 Å². The van der Waals surface area contributed by atoms with E-state index in [1.54, 1.807) is 18.2 Å². The smallest absolute Gasteiger partial charge is 0.175 e. The van der Waals surface area contributed by atoms with Gasteiger partial charge in [0.1, 0.15) is 5.75 Å². The number of sulfone groups is 1. The lowest BCUT2D eigenvalue weighted by molar-refractivity contribution is 0.399. The van der Waals surface area contributed by atoms with Gasteiger partial charge in [-0.15, -0.1) is 0 Å². The Bertz CT molecular complexity index is 501. The molecule has 0 amide bonds. The zero-order valence-electron chi connectivity index (χ0n) is 10.6. The van der Waals surface area contributed by atoms with Gasteiger partial charge in [-0.1, -0.05) is 6.07 Å². The Balaban J connectivity index is 3.42. The fourth-order valence-electron chi connectivity index (χ4n) is 1.71. The van der Waals surface area contributed by atoms with Crippen LogP contribution in [0.25, 0.3) is 0 Å². The molecule has 0 aliphatic rings. The van der Waals surface area contributed by atoms with Crippen LogP contribution in [0.5, 0.6) is 5.75 Å². The number of hydrogen-bond donors (Lipinski definition) is 1. The molecule has 1 aromatic rings. The number of methoxy groups -OCH3 is 1. The number of benzene rings is 1. The van der Waals surface area contributed by atoms with Crippen LogP contribution < -0.4 is 10.5 Å². The van der Waals surface area contributed by atoms with Crippen LogP contribution in [0.1, 0.15) is 19.4 Å². The molecule has 0 unspecified atom stereocenters. The SMILES string of the molecule is COc1cccc(S(C)(=O)=O)c1CC(C)(C)N. The first-order valence-corrected chi connectivity index (χ1v) is 7.19. The van der Waals surface area contributed by atoms with Crippen molar-refractivity contribution in [2.45, 2.75) is 30.7 Å².